The number of para-hydroxylation sites is 1. The average Bonchev–Trinajstić information content (AvgIpc) is 3.50. The molecule has 48 heavy (non-hydrogen) atoms. The number of benzene rings is 5. The van der Waals surface area contributed by atoms with Crippen molar-refractivity contribution >= 4 is 66.4 Å². The first-order valence-electron chi connectivity index (χ1n) is 15.4. The van der Waals surface area contributed by atoms with E-state index < -0.39 is 15.8 Å². The predicted octanol–water partition coefficient (Wildman–Crippen LogP) is 8.77. The van der Waals surface area contributed by atoms with Crippen LogP contribution in [-0.2, 0) is 21.2 Å². The second-order valence-electron chi connectivity index (χ2n) is 11.2. The van der Waals surface area contributed by atoms with Gasteiger partial charge in [0.2, 0.25) is 5.91 Å². The number of aryl methyl sites for hydroxylation is 2. The predicted molar refractivity (Wildman–Crippen MR) is 195 cm³/mol. The van der Waals surface area contributed by atoms with E-state index in [9.17, 15) is 18.0 Å². The number of carbonyl (C=O) groups excluding carboxylic acids is 2. The highest BCUT2D eigenvalue weighted by atomic mass is 32.2. The molecule has 5 aromatic carbocycles. The summed E-state index contributed by atoms with van der Waals surface area (Å²) in [6.07, 6.45) is 1.23. The van der Waals surface area contributed by atoms with E-state index in [4.69, 9.17) is 4.98 Å². The number of anilines is 2. The number of sulfonamides is 1. The molecule has 7 nitrogen and oxygen atoms in total. The molecule has 0 saturated heterocycles. The summed E-state index contributed by atoms with van der Waals surface area (Å²) in [7, 11) is -4.32. The van der Waals surface area contributed by atoms with E-state index in [1.165, 1.54) is 40.4 Å². The lowest BCUT2D eigenvalue weighted by Gasteiger charge is -2.27. The van der Waals surface area contributed by atoms with Gasteiger partial charge in [0.05, 0.1) is 36.9 Å². The van der Waals surface area contributed by atoms with E-state index in [0.717, 1.165) is 21.3 Å². The van der Waals surface area contributed by atoms with Crippen LogP contribution >= 0.6 is 23.1 Å². The molecular weight excluding hydrogens is 659 g/mol. The zero-order valence-corrected chi connectivity index (χ0v) is 28.9. The largest absolute Gasteiger partial charge is 0.325 e. The van der Waals surface area contributed by atoms with Gasteiger partial charge in [0.15, 0.2) is 10.1 Å². The molecule has 1 amide bonds. The lowest BCUT2D eigenvalue weighted by molar-refractivity contribution is -0.114. The Bertz CT molecular complexity index is 2150. The number of nitrogens with one attached hydrogen (secondary N) is 1. The molecule has 1 heterocycles. The second kappa shape index (κ2) is 14.6. The maximum absolute atomic E-state index is 15.0. The minimum Gasteiger partial charge on any atom is -0.325 e. The topological polar surface area (TPSA) is 96.4 Å². The van der Waals surface area contributed by atoms with Gasteiger partial charge in [-0.05, 0) is 61.7 Å². The van der Waals surface area contributed by atoms with Crippen LogP contribution in [0.1, 0.15) is 40.4 Å². The number of hydrogen-bond acceptors (Lipinski definition) is 7. The van der Waals surface area contributed by atoms with Crippen LogP contribution in [0.5, 0.6) is 0 Å². The van der Waals surface area contributed by atoms with Gasteiger partial charge in [-0.1, -0.05) is 102 Å². The summed E-state index contributed by atoms with van der Waals surface area (Å²) < 4.78 is 32.9. The minimum absolute atomic E-state index is 0.0168. The molecule has 0 unspecified atom stereocenters. The van der Waals surface area contributed by atoms with Gasteiger partial charge in [0.25, 0.3) is 10.0 Å². The van der Waals surface area contributed by atoms with Gasteiger partial charge in [-0.15, -0.1) is 11.3 Å². The van der Waals surface area contributed by atoms with Gasteiger partial charge >= 0.3 is 0 Å². The molecule has 10 heteroatoms. The van der Waals surface area contributed by atoms with Crippen molar-refractivity contribution in [2.24, 2.45) is 0 Å². The van der Waals surface area contributed by atoms with Crippen LogP contribution in [0.25, 0.3) is 10.2 Å². The number of ketones is 1. The number of hydrogen-bond donors (Lipinski definition) is 1. The van der Waals surface area contributed by atoms with Gasteiger partial charge in [-0.25, -0.2) is 13.4 Å². The summed E-state index contributed by atoms with van der Waals surface area (Å²) in [5.74, 6) is -0.824. The molecular formula is C38H33N3O4S3. The van der Waals surface area contributed by atoms with Crippen molar-refractivity contribution in [3.8, 4) is 0 Å². The number of thiazole rings is 1. The molecule has 1 aromatic heterocycles. The minimum atomic E-state index is -4.32. The summed E-state index contributed by atoms with van der Waals surface area (Å²) in [6, 6.07) is 36.5. The number of aromatic nitrogens is 1. The smallest absolute Gasteiger partial charge is 0.265 e. The van der Waals surface area contributed by atoms with Crippen LogP contribution in [0, 0.1) is 6.92 Å². The second-order valence-corrected chi connectivity index (χ2v) is 15.4. The molecule has 0 fully saturated rings. The third-order valence-corrected chi connectivity index (χ3v) is 11.8. The SMILES string of the molecule is CC(=O)Nc1ccc(S(=O)(=O)N(CCCc2ccccc2)c2ccc(C)cc2)c(C(=O)c2ccccc2)c1Sc1nc2ccccc2s1. The van der Waals surface area contributed by atoms with Crippen LogP contribution < -0.4 is 9.62 Å². The van der Waals surface area contributed by atoms with Crippen molar-refractivity contribution in [1.82, 2.24) is 4.98 Å². The fraction of sp³-hybridized carbons (Fsp3) is 0.132. The zero-order chi connectivity index (χ0) is 33.7. The monoisotopic (exact) mass is 691 g/mol. The number of fused-ring (bicyclic) bond motifs is 1. The normalized spacial score (nSPS) is 11.4. The lowest BCUT2D eigenvalue weighted by atomic mass is 10.0. The Labute approximate surface area is 288 Å². The van der Waals surface area contributed by atoms with Gasteiger partial charge in [0.1, 0.15) is 0 Å². The van der Waals surface area contributed by atoms with Crippen LogP contribution in [0.3, 0.4) is 0 Å². The number of nitrogens with zero attached hydrogens (tertiary/aromatic N) is 2. The van der Waals surface area contributed by atoms with Crippen molar-refractivity contribution < 1.29 is 18.0 Å². The molecule has 0 aliphatic rings. The molecule has 0 aliphatic heterocycles. The maximum Gasteiger partial charge on any atom is 0.265 e. The summed E-state index contributed by atoms with van der Waals surface area (Å²) in [4.78, 5) is 31.8. The van der Waals surface area contributed by atoms with Crippen molar-refractivity contribution in [1.29, 1.82) is 0 Å². The standard InChI is InChI=1S/C38H33N3O4S3/c1-26-19-21-30(22-20-26)41(25-11-14-28-12-5-3-6-13-28)48(44,45)34-24-23-32(39-27(2)42)37(35(34)36(43)29-15-7-4-8-16-29)47-38-40-31-17-9-10-18-33(31)46-38/h3-10,12-13,15-24H,11,14,25H2,1-2H3,(H,39,42). The zero-order valence-electron chi connectivity index (χ0n) is 26.4. The molecule has 0 spiro atoms. The number of amides is 1. The van der Waals surface area contributed by atoms with E-state index in [1.54, 1.807) is 48.5 Å². The van der Waals surface area contributed by atoms with E-state index in [2.05, 4.69) is 5.32 Å². The summed E-state index contributed by atoms with van der Waals surface area (Å²) >= 11 is 2.61. The van der Waals surface area contributed by atoms with E-state index >= 15 is 0 Å². The van der Waals surface area contributed by atoms with Gasteiger partial charge in [-0.2, -0.15) is 0 Å². The van der Waals surface area contributed by atoms with Gasteiger partial charge in [0, 0.05) is 19.0 Å². The molecule has 6 rings (SSSR count). The van der Waals surface area contributed by atoms with Crippen LogP contribution in [0.2, 0.25) is 0 Å². The Morgan fingerprint density at radius 2 is 1.50 bits per heavy atom. The number of carbonyl (C=O) groups is 2. The Balaban J connectivity index is 1.52. The highest BCUT2D eigenvalue weighted by Gasteiger charge is 2.33. The van der Waals surface area contributed by atoms with Crippen molar-refractivity contribution in [2.45, 2.75) is 40.8 Å². The highest BCUT2D eigenvalue weighted by Crippen LogP contribution is 2.43. The molecule has 242 valence electrons. The highest BCUT2D eigenvalue weighted by molar-refractivity contribution is 8.01. The van der Waals surface area contributed by atoms with Crippen molar-refractivity contribution in [3.05, 3.63) is 144 Å². The van der Waals surface area contributed by atoms with Crippen molar-refractivity contribution in [3.63, 3.8) is 0 Å². The van der Waals surface area contributed by atoms with Crippen LogP contribution in [-0.4, -0.2) is 31.6 Å². The van der Waals surface area contributed by atoms with E-state index in [0.29, 0.717) is 39.0 Å². The van der Waals surface area contributed by atoms with E-state index in [-0.39, 0.29) is 22.9 Å². The maximum atomic E-state index is 15.0. The first-order chi connectivity index (χ1) is 23.2. The Hall–Kier alpha value is -4.77. The van der Waals surface area contributed by atoms with Crippen LogP contribution in [0.4, 0.5) is 11.4 Å². The van der Waals surface area contributed by atoms with Gasteiger partial charge < -0.3 is 5.32 Å². The third-order valence-electron chi connectivity index (χ3n) is 7.72. The fourth-order valence-electron chi connectivity index (χ4n) is 5.39. The summed E-state index contributed by atoms with van der Waals surface area (Å²) in [5, 5.41) is 2.83. The molecule has 0 aliphatic carbocycles. The van der Waals surface area contributed by atoms with Gasteiger partial charge in [-0.3, -0.25) is 13.9 Å². The molecule has 1 N–H and O–H groups in total. The Morgan fingerprint density at radius 3 is 2.19 bits per heavy atom. The third kappa shape index (κ3) is 7.36. The lowest BCUT2D eigenvalue weighted by Crippen LogP contribution is -2.33. The summed E-state index contributed by atoms with van der Waals surface area (Å²) in [6.45, 7) is 3.51. The molecule has 0 radical (unpaired) electrons. The molecule has 0 atom stereocenters. The fourth-order valence-corrected chi connectivity index (χ4v) is 9.39. The summed E-state index contributed by atoms with van der Waals surface area (Å²) in [5.41, 5.74) is 4.02. The molecule has 6 aromatic rings. The first-order valence-corrected chi connectivity index (χ1v) is 18.5. The molecule has 0 bridgehead atoms. The first kappa shape index (κ1) is 33.1. The van der Waals surface area contributed by atoms with E-state index in [1.807, 2.05) is 73.7 Å². The van der Waals surface area contributed by atoms with Crippen LogP contribution in [0.15, 0.2) is 135 Å². The van der Waals surface area contributed by atoms with Crippen molar-refractivity contribution in [2.75, 3.05) is 16.2 Å². The average molecular weight is 692 g/mol. The Morgan fingerprint density at radius 1 is 0.833 bits per heavy atom. The number of rotatable bonds is 12. The quantitative estimate of drug-likeness (QED) is 0.129. The Kier molecular flexibility index (Phi) is 10.0. The molecule has 0 saturated carbocycles.